The first-order valence-corrected chi connectivity index (χ1v) is 8.42. The largest absolute Gasteiger partial charge is 0.494 e. The number of nitrogens with zero attached hydrogens (tertiary/aromatic N) is 2. The zero-order chi connectivity index (χ0) is 16.8. The molecule has 4 nitrogen and oxygen atoms in total. The molecule has 0 atom stereocenters. The first-order valence-electron chi connectivity index (χ1n) is 8.42. The van der Waals surface area contributed by atoms with Gasteiger partial charge in [-0.15, -0.1) is 0 Å². The van der Waals surface area contributed by atoms with E-state index in [9.17, 15) is 9.18 Å². The Hall–Kier alpha value is -1.62. The number of carbonyl (C=O) groups excluding carboxylic acids is 1. The van der Waals surface area contributed by atoms with E-state index >= 15 is 0 Å². The van der Waals surface area contributed by atoms with Crippen LogP contribution in [0.4, 0.5) is 4.39 Å². The molecule has 1 heterocycles. The zero-order valence-electron chi connectivity index (χ0n) is 14.3. The van der Waals surface area contributed by atoms with Crippen molar-refractivity contribution in [3.63, 3.8) is 0 Å². The van der Waals surface area contributed by atoms with Crippen molar-refractivity contribution in [3.05, 3.63) is 29.6 Å². The van der Waals surface area contributed by atoms with Gasteiger partial charge in [-0.3, -0.25) is 9.69 Å². The molecule has 0 spiro atoms. The second kappa shape index (κ2) is 8.29. The van der Waals surface area contributed by atoms with E-state index in [0.717, 1.165) is 44.6 Å². The molecule has 0 radical (unpaired) electrons. The highest BCUT2D eigenvalue weighted by Gasteiger charge is 2.25. The third-order valence-electron chi connectivity index (χ3n) is 4.64. The first-order chi connectivity index (χ1) is 11.1. The summed E-state index contributed by atoms with van der Waals surface area (Å²) in [6, 6.07) is 5.09. The SMILES string of the molecule is CCC(CC)C(=O)N1CCN(Cc2ccc(OC)c(F)c2)CC1. The lowest BCUT2D eigenvalue weighted by atomic mass is 10.0. The monoisotopic (exact) mass is 322 g/mol. The molecule has 0 bridgehead atoms. The van der Waals surface area contributed by atoms with Gasteiger partial charge in [-0.25, -0.2) is 4.39 Å². The first kappa shape index (κ1) is 17.7. The van der Waals surface area contributed by atoms with Crippen LogP contribution in [0, 0.1) is 11.7 Å². The van der Waals surface area contributed by atoms with Gasteiger partial charge in [0.1, 0.15) is 0 Å². The Bertz CT molecular complexity index is 524. The van der Waals surface area contributed by atoms with Crippen LogP contribution < -0.4 is 4.74 Å². The molecule has 0 aliphatic carbocycles. The summed E-state index contributed by atoms with van der Waals surface area (Å²) in [5.74, 6) is 0.379. The fourth-order valence-corrected chi connectivity index (χ4v) is 3.09. The number of amides is 1. The number of methoxy groups -OCH3 is 1. The Morgan fingerprint density at radius 2 is 1.87 bits per heavy atom. The van der Waals surface area contributed by atoms with Crippen LogP contribution in [-0.4, -0.2) is 49.0 Å². The van der Waals surface area contributed by atoms with E-state index in [1.54, 1.807) is 6.07 Å². The van der Waals surface area contributed by atoms with E-state index in [0.29, 0.717) is 6.54 Å². The third-order valence-corrected chi connectivity index (χ3v) is 4.64. The van der Waals surface area contributed by atoms with Crippen LogP contribution in [0.2, 0.25) is 0 Å². The van der Waals surface area contributed by atoms with Crippen molar-refractivity contribution in [3.8, 4) is 5.75 Å². The van der Waals surface area contributed by atoms with Gasteiger partial charge in [0.2, 0.25) is 5.91 Å². The maximum Gasteiger partial charge on any atom is 0.225 e. The molecule has 0 N–H and O–H groups in total. The highest BCUT2D eigenvalue weighted by molar-refractivity contribution is 5.78. The molecule has 1 aliphatic heterocycles. The van der Waals surface area contributed by atoms with Gasteiger partial charge in [0.25, 0.3) is 0 Å². The zero-order valence-corrected chi connectivity index (χ0v) is 14.3. The summed E-state index contributed by atoms with van der Waals surface area (Å²) >= 11 is 0. The van der Waals surface area contributed by atoms with Crippen LogP contribution in [0.15, 0.2) is 18.2 Å². The van der Waals surface area contributed by atoms with Crippen LogP contribution in [-0.2, 0) is 11.3 Å². The van der Waals surface area contributed by atoms with Crippen molar-refractivity contribution in [2.24, 2.45) is 5.92 Å². The molecule has 1 fully saturated rings. The predicted octanol–water partition coefficient (Wildman–Crippen LogP) is 2.91. The van der Waals surface area contributed by atoms with Gasteiger partial charge in [0.05, 0.1) is 7.11 Å². The van der Waals surface area contributed by atoms with Crippen LogP contribution >= 0.6 is 0 Å². The molecular formula is C18H27FN2O2. The minimum atomic E-state index is -0.326. The molecule has 0 saturated carbocycles. The second-order valence-corrected chi connectivity index (χ2v) is 6.08. The molecule has 0 unspecified atom stereocenters. The van der Waals surface area contributed by atoms with Crippen LogP contribution in [0.25, 0.3) is 0 Å². The fourth-order valence-electron chi connectivity index (χ4n) is 3.09. The number of rotatable bonds is 6. The van der Waals surface area contributed by atoms with Gasteiger partial charge in [0, 0.05) is 38.6 Å². The molecule has 1 aliphatic rings. The summed E-state index contributed by atoms with van der Waals surface area (Å²) in [4.78, 5) is 16.6. The van der Waals surface area contributed by atoms with Crippen LogP contribution in [0.3, 0.4) is 0 Å². The van der Waals surface area contributed by atoms with E-state index in [4.69, 9.17) is 4.74 Å². The Morgan fingerprint density at radius 3 is 2.39 bits per heavy atom. The Kier molecular flexibility index (Phi) is 6.39. The van der Waals surface area contributed by atoms with Crippen molar-refractivity contribution in [2.75, 3.05) is 33.3 Å². The number of carbonyl (C=O) groups is 1. The topological polar surface area (TPSA) is 32.8 Å². The minimum absolute atomic E-state index is 0.150. The number of hydrogen-bond donors (Lipinski definition) is 0. The van der Waals surface area contributed by atoms with Gasteiger partial charge < -0.3 is 9.64 Å². The molecule has 128 valence electrons. The number of hydrogen-bond acceptors (Lipinski definition) is 3. The Morgan fingerprint density at radius 1 is 1.22 bits per heavy atom. The smallest absolute Gasteiger partial charge is 0.225 e. The molecule has 1 aromatic carbocycles. The molecule has 23 heavy (non-hydrogen) atoms. The third kappa shape index (κ3) is 4.44. The van der Waals surface area contributed by atoms with Crippen LogP contribution in [0.1, 0.15) is 32.3 Å². The van der Waals surface area contributed by atoms with Crippen molar-refractivity contribution in [2.45, 2.75) is 33.2 Å². The molecule has 2 rings (SSSR count). The highest BCUT2D eigenvalue weighted by atomic mass is 19.1. The van der Waals surface area contributed by atoms with Crippen molar-refractivity contribution < 1.29 is 13.9 Å². The molecule has 5 heteroatoms. The lowest BCUT2D eigenvalue weighted by Crippen LogP contribution is -2.49. The maximum absolute atomic E-state index is 13.7. The van der Waals surface area contributed by atoms with Crippen LogP contribution in [0.5, 0.6) is 5.75 Å². The lowest BCUT2D eigenvalue weighted by molar-refractivity contribution is -0.137. The van der Waals surface area contributed by atoms with Gasteiger partial charge >= 0.3 is 0 Å². The standard InChI is InChI=1S/C18H27FN2O2/c1-4-15(5-2)18(22)21-10-8-20(9-11-21)13-14-6-7-17(23-3)16(19)12-14/h6-7,12,15H,4-5,8-11,13H2,1-3H3. The quantitative estimate of drug-likeness (QED) is 0.807. The predicted molar refractivity (Wildman–Crippen MR) is 88.9 cm³/mol. The van der Waals surface area contributed by atoms with Gasteiger partial charge in [0.15, 0.2) is 11.6 Å². The average molecular weight is 322 g/mol. The molecular weight excluding hydrogens is 295 g/mol. The summed E-state index contributed by atoms with van der Waals surface area (Å²) in [6.07, 6.45) is 1.81. The second-order valence-electron chi connectivity index (χ2n) is 6.08. The fraction of sp³-hybridized carbons (Fsp3) is 0.611. The van der Waals surface area contributed by atoms with Crippen molar-refractivity contribution in [1.29, 1.82) is 0 Å². The van der Waals surface area contributed by atoms with E-state index in [-0.39, 0.29) is 23.4 Å². The molecule has 1 aromatic rings. The molecule has 1 amide bonds. The van der Waals surface area contributed by atoms with E-state index in [1.807, 2.05) is 11.0 Å². The summed E-state index contributed by atoms with van der Waals surface area (Å²) in [5.41, 5.74) is 0.933. The van der Waals surface area contributed by atoms with E-state index in [2.05, 4.69) is 18.7 Å². The average Bonchev–Trinajstić information content (AvgIpc) is 2.57. The lowest BCUT2D eigenvalue weighted by Gasteiger charge is -2.36. The highest BCUT2D eigenvalue weighted by Crippen LogP contribution is 2.20. The Balaban J connectivity index is 1.87. The minimum Gasteiger partial charge on any atom is -0.494 e. The number of ether oxygens (including phenoxy) is 1. The Labute approximate surface area is 138 Å². The van der Waals surface area contributed by atoms with Crippen molar-refractivity contribution >= 4 is 5.91 Å². The normalized spacial score (nSPS) is 16.0. The van der Waals surface area contributed by atoms with E-state index < -0.39 is 0 Å². The van der Waals surface area contributed by atoms with Crippen molar-refractivity contribution in [1.82, 2.24) is 9.80 Å². The number of piperazine rings is 1. The number of halogens is 1. The summed E-state index contributed by atoms with van der Waals surface area (Å²) < 4.78 is 18.7. The van der Waals surface area contributed by atoms with Gasteiger partial charge in [-0.2, -0.15) is 0 Å². The van der Waals surface area contributed by atoms with Gasteiger partial charge in [-0.1, -0.05) is 19.9 Å². The summed E-state index contributed by atoms with van der Waals surface area (Å²) in [5, 5.41) is 0. The summed E-state index contributed by atoms with van der Waals surface area (Å²) in [7, 11) is 1.47. The van der Waals surface area contributed by atoms with E-state index in [1.165, 1.54) is 13.2 Å². The van der Waals surface area contributed by atoms with Gasteiger partial charge in [-0.05, 0) is 30.5 Å². The number of benzene rings is 1. The maximum atomic E-state index is 13.7. The molecule has 1 saturated heterocycles. The summed E-state index contributed by atoms with van der Waals surface area (Å²) in [6.45, 7) is 8.02. The molecule has 0 aromatic heterocycles.